The fourth-order valence-electron chi connectivity index (χ4n) is 10.5. The van der Waals surface area contributed by atoms with E-state index in [1.165, 1.54) is 16.2 Å². The number of benzene rings is 2. The van der Waals surface area contributed by atoms with E-state index in [0.29, 0.717) is 34.9 Å². The molecule has 17 heteroatoms. The lowest BCUT2D eigenvalue weighted by atomic mass is 9.49. The van der Waals surface area contributed by atoms with E-state index in [1.54, 1.807) is 44.5 Å². The molecule has 0 radical (unpaired) electrons. The number of hydrogen-bond donors (Lipinski definition) is 5. The first-order valence-corrected chi connectivity index (χ1v) is 26.4. The van der Waals surface area contributed by atoms with Gasteiger partial charge in [-0.2, -0.15) is 5.26 Å². The number of thiazole rings is 1. The molecule has 3 fully saturated rings. The van der Waals surface area contributed by atoms with Crippen LogP contribution in [0.5, 0.6) is 5.75 Å². The first-order valence-electron chi connectivity index (χ1n) is 25.2. The topological polar surface area (TPSA) is 203 Å². The zero-order chi connectivity index (χ0) is 51.9. The van der Waals surface area contributed by atoms with Crippen LogP contribution in [-0.2, 0) is 24.0 Å². The number of aryl methyl sites for hydroxylation is 1. The maximum absolute atomic E-state index is 14.7. The summed E-state index contributed by atoms with van der Waals surface area (Å²) in [7, 11) is 0. The lowest BCUT2D eigenvalue weighted by Crippen LogP contribution is -2.74. The Labute approximate surface area is 427 Å². The van der Waals surface area contributed by atoms with Crippen molar-refractivity contribution in [3.8, 4) is 22.3 Å². The summed E-state index contributed by atoms with van der Waals surface area (Å²) in [5.74, 6) is -1.59. The summed E-state index contributed by atoms with van der Waals surface area (Å²) in [6.07, 6.45) is 7.04. The zero-order valence-corrected chi connectivity index (χ0v) is 44.2. The van der Waals surface area contributed by atoms with Gasteiger partial charge >= 0.3 is 0 Å². The van der Waals surface area contributed by atoms with Crippen molar-refractivity contribution in [3.63, 3.8) is 0 Å². The van der Waals surface area contributed by atoms with Crippen LogP contribution >= 0.6 is 22.9 Å². The van der Waals surface area contributed by atoms with Crippen molar-refractivity contribution in [3.05, 3.63) is 69.8 Å². The van der Waals surface area contributed by atoms with Crippen LogP contribution in [0, 0.1) is 34.5 Å². The Morgan fingerprint density at radius 2 is 1.58 bits per heavy atom. The van der Waals surface area contributed by atoms with Crippen LogP contribution in [-0.4, -0.2) is 93.6 Å². The highest BCUT2D eigenvalue weighted by atomic mass is 35.5. The molecule has 386 valence electrons. The molecule has 1 aliphatic heterocycles. The molecule has 0 unspecified atom stereocenters. The van der Waals surface area contributed by atoms with Gasteiger partial charge in [-0.25, -0.2) is 9.37 Å². The number of alkyl halides is 1. The van der Waals surface area contributed by atoms with E-state index in [-0.39, 0.29) is 67.0 Å². The van der Waals surface area contributed by atoms with Gasteiger partial charge in [-0.15, -0.1) is 11.3 Å². The van der Waals surface area contributed by atoms with Gasteiger partial charge in [0.25, 0.3) is 5.91 Å². The number of hydrogen-bond acceptors (Lipinski definition) is 10. The number of nitrogens with zero attached hydrogens (tertiary/aromatic N) is 3. The van der Waals surface area contributed by atoms with Gasteiger partial charge in [-0.1, -0.05) is 123 Å². The van der Waals surface area contributed by atoms with E-state index < -0.39 is 53.0 Å². The standard InChI is InChI=1S/C54H73ClFN7O7S/c1-33-44(71-32-59-33)35-20-18-34(19-21-35)40(60-46(67)41-27-37(64)31-63(41)47(68)45(51(2,3)4)62-50(69)54(56)24-25-54)29-43(66)58-26-16-14-12-10-9-11-13-15-17-42(65)61-48-52(5,6)49(53(48,7)8)70-38-23-22-36(30-57)39(55)28-38/h18-23,28,32,37,40-41,45,48-49,64H,9-17,24-27,29,31H2,1-8H3,(H,58,66)(H,60,67)(H,61,65)(H,62,69)/t37-,40+,41+,45-,48?,49?/m1/s1. The van der Waals surface area contributed by atoms with Crippen molar-refractivity contribution in [1.82, 2.24) is 31.2 Å². The van der Waals surface area contributed by atoms with E-state index in [1.807, 2.05) is 31.2 Å². The molecule has 0 bridgehead atoms. The number of rotatable bonds is 23. The summed E-state index contributed by atoms with van der Waals surface area (Å²) in [5, 5.41) is 32.2. The number of nitrogens with one attached hydrogen (secondary N) is 4. The van der Waals surface area contributed by atoms with Gasteiger partial charge in [0, 0.05) is 48.9 Å². The molecule has 2 heterocycles. The SMILES string of the molecule is Cc1ncsc1-c1ccc([C@H](CC(=O)NCCCCCCCCCCC(=O)NC2C(C)(C)C(Oc3ccc(C#N)c(Cl)c3)C2(C)C)NC(=O)[C@@H]2C[C@@H](O)CN2C(=O)[C@@H](NC(=O)C2(F)CC2)C(C)(C)C)cc1. The number of aromatic nitrogens is 1. The molecule has 3 aromatic rings. The first kappa shape index (κ1) is 55.2. The molecule has 1 saturated heterocycles. The van der Waals surface area contributed by atoms with Crippen LogP contribution < -0.4 is 26.0 Å². The lowest BCUT2D eigenvalue weighted by molar-refractivity contribution is -0.173. The predicted octanol–water partition coefficient (Wildman–Crippen LogP) is 8.81. The highest BCUT2D eigenvalue weighted by molar-refractivity contribution is 7.13. The van der Waals surface area contributed by atoms with Gasteiger partial charge in [0.1, 0.15) is 30.0 Å². The minimum Gasteiger partial charge on any atom is -0.489 e. The molecule has 6 rings (SSSR count). The maximum Gasteiger partial charge on any atom is 0.258 e. The molecule has 3 aliphatic rings. The maximum atomic E-state index is 14.7. The predicted molar refractivity (Wildman–Crippen MR) is 273 cm³/mol. The zero-order valence-electron chi connectivity index (χ0n) is 42.6. The van der Waals surface area contributed by atoms with Gasteiger partial charge in [0.15, 0.2) is 5.67 Å². The molecule has 2 aromatic carbocycles. The third-order valence-electron chi connectivity index (χ3n) is 14.5. The summed E-state index contributed by atoms with van der Waals surface area (Å²) >= 11 is 7.76. The molecule has 5 amide bonds. The third kappa shape index (κ3) is 13.7. The molecular formula is C54H73ClFN7O7S. The van der Waals surface area contributed by atoms with Crippen molar-refractivity contribution in [2.24, 2.45) is 16.2 Å². The number of aliphatic hydroxyl groups excluding tert-OH is 1. The highest BCUT2D eigenvalue weighted by Crippen LogP contribution is 2.55. The van der Waals surface area contributed by atoms with Gasteiger partial charge < -0.3 is 36.0 Å². The van der Waals surface area contributed by atoms with Gasteiger partial charge in [0.05, 0.1) is 45.2 Å². The Bertz CT molecular complexity index is 2410. The van der Waals surface area contributed by atoms with Gasteiger partial charge in [0.2, 0.25) is 23.6 Å². The summed E-state index contributed by atoms with van der Waals surface area (Å²) < 4.78 is 21.1. The van der Waals surface area contributed by atoms with E-state index in [0.717, 1.165) is 67.5 Å². The number of halogens is 2. The molecule has 2 saturated carbocycles. The average Bonchev–Trinajstić information content (AvgIpc) is 3.72. The van der Waals surface area contributed by atoms with Crippen molar-refractivity contribution >= 4 is 52.5 Å². The van der Waals surface area contributed by atoms with Crippen LogP contribution in [0.1, 0.15) is 155 Å². The van der Waals surface area contributed by atoms with E-state index in [2.05, 4.69) is 60.0 Å². The van der Waals surface area contributed by atoms with Crippen molar-refractivity contribution in [2.75, 3.05) is 13.1 Å². The second-order valence-electron chi connectivity index (χ2n) is 22.1. The Balaban J connectivity index is 0.926. The lowest BCUT2D eigenvalue weighted by Gasteiger charge is -2.63. The third-order valence-corrected chi connectivity index (χ3v) is 15.8. The first-order chi connectivity index (χ1) is 33.5. The normalized spacial score (nSPS) is 21.5. The van der Waals surface area contributed by atoms with E-state index in [4.69, 9.17) is 16.3 Å². The Kier molecular flexibility index (Phi) is 18.0. The number of carbonyl (C=O) groups is 5. The number of carbonyl (C=O) groups excluding carboxylic acids is 5. The fourth-order valence-corrected chi connectivity index (χ4v) is 11.5. The van der Waals surface area contributed by atoms with Crippen molar-refractivity contribution in [2.45, 2.75) is 181 Å². The van der Waals surface area contributed by atoms with Crippen LogP contribution in [0.2, 0.25) is 5.02 Å². The Morgan fingerprint density at radius 1 is 0.944 bits per heavy atom. The van der Waals surface area contributed by atoms with E-state index in [9.17, 15) is 38.7 Å². The molecule has 71 heavy (non-hydrogen) atoms. The summed E-state index contributed by atoms with van der Waals surface area (Å²) in [6, 6.07) is 11.7. The number of β-amino-alcohol motifs (C(OH)–C–C–N with tert-alkyl or cyclic N) is 1. The summed E-state index contributed by atoms with van der Waals surface area (Å²) in [6.45, 7) is 15.9. The monoisotopic (exact) mass is 1020 g/mol. The summed E-state index contributed by atoms with van der Waals surface area (Å²) in [5.41, 5.74) is 1.25. The molecule has 14 nitrogen and oxygen atoms in total. The minimum absolute atomic E-state index is 0.0367. The van der Waals surface area contributed by atoms with Crippen LogP contribution in [0.25, 0.3) is 10.4 Å². The second-order valence-corrected chi connectivity index (χ2v) is 23.4. The molecule has 0 spiro atoms. The number of aliphatic hydroxyl groups is 1. The Morgan fingerprint density at radius 3 is 2.15 bits per heavy atom. The average molecular weight is 1020 g/mol. The number of unbranched alkanes of at least 4 members (excludes halogenated alkanes) is 7. The molecule has 2 aliphatic carbocycles. The largest absolute Gasteiger partial charge is 0.489 e. The number of likely N-dealkylation sites (tertiary alicyclic amines) is 1. The smallest absolute Gasteiger partial charge is 0.258 e. The molecular weight excluding hydrogens is 945 g/mol. The highest BCUT2D eigenvalue weighted by Gasteiger charge is 2.64. The van der Waals surface area contributed by atoms with E-state index >= 15 is 0 Å². The van der Waals surface area contributed by atoms with Gasteiger partial charge in [-0.05, 0) is 61.3 Å². The number of ether oxygens (including phenoxy) is 1. The van der Waals surface area contributed by atoms with Crippen molar-refractivity contribution in [1.29, 1.82) is 5.26 Å². The summed E-state index contributed by atoms with van der Waals surface area (Å²) in [4.78, 5) is 74.2. The second kappa shape index (κ2) is 23.2. The molecule has 5 N–H and O–H groups in total. The van der Waals surface area contributed by atoms with Crippen LogP contribution in [0.4, 0.5) is 4.39 Å². The van der Waals surface area contributed by atoms with Crippen LogP contribution in [0.15, 0.2) is 48.0 Å². The fraction of sp³-hybridized carbons (Fsp3) is 0.611. The minimum atomic E-state index is -2.00. The Hall–Kier alpha value is -5.11. The van der Waals surface area contributed by atoms with Crippen molar-refractivity contribution < 1.29 is 38.2 Å². The quantitative estimate of drug-likeness (QED) is 0.0576. The molecule has 1 aromatic heterocycles. The van der Waals surface area contributed by atoms with Gasteiger partial charge in [-0.3, -0.25) is 24.0 Å². The van der Waals surface area contributed by atoms with Crippen LogP contribution in [0.3, 0.4) is 0 Å². The number of nitriles is 1. The number of amides is 5. The molecule has 4 atom stereocenters.